The van der Waals surface area contributed by atoms with Crippen LogP contribution < -0.4 is 0 Å². The van der Waals surface area contributed by atoms with Gasteiger partial charge in [0.1, 0.15) is 0 Å². The minimum Gasteiger partial charge on any atom is -0.0840 e. The monoisotopic (exact) mass is 186 g/mol. The lowest BCUT2D eigenvalue weighted by Gasteiger charge is -2.25. The van der Waals surface area contributed by atoms with Gasteiger partial charge in [0, 0.05) is 5.92 Å². The van der Waals surface area contributed by atoms with Crippen molar-refractivity contribution in [3.8, 4) is 0 Å². The molecule has 0 fully saturated rings. The zero-order chi connectivity index (χ0) is 9.97. The third-order valence-corrected chi connectivity index (χ3v) is 3.29. The Kier molecular flexibility index (Phi) is 2.72. The van der Waals surface area contributed by atoms with Crippen molar-refractivity contribution in [2.45, 2.75) is 33.1 Å². The standard InChI is InChI=1S/C14H18/c1-11-7-3-5-9-13(11)14-10-6-4-8-12(14)2/h3-5,7-8,13H,6,9-10H2,1-2H3. The SMILES string of the molecule is CC1=CC=CCC1C1=C(C)C=CCC1. The summed E-state index contributed by atoms with van der Waals surface area (Å²) in [6.45, 7) is 4.50. The number of allylic oxidation sites excluding steroid dienone is 8. The van der Waals surface area contributed by atoms with E-state index >= 15 is 0 Å². The molecule has 2 rings (SSSR count). The highest BCUT2D eigenvalue weighted by Gasteiger charge is 2.18. The fraction of sp³-hybridized carbons (Fsp3) is 0.429. The van der Waals surface area contributed by atoms with Crippen molar-refractivity contribution in [2.24, 2.45) is 5.92 Å². The summed E-state index contributed by atoms with van der Waals surface area (Å²) in [6, 6.07) is 0. The molecule has 0 spiro atoms. The van der Waals surface area contributed by atoms with Gasteiger partial charge in [-0.3, -0.25) is 0 Å². The molecular formula is C14H18. The first-order valence-electron chi connectivity index (χ1n) is 5.48. The van der Waals surface area contributed by atoms with Crippen molar-refractivity contribution in [3.05, 3.63) is 47.1 Å². The average molecular weight is 186 g/mol. The van der Waals surface area contributed by atoms with Crippen molar-refractivity contribution in [1.29, 1.82) is 0 Å². The second-order valence-electron chi connectivity index (χ2n) is 4.28. The van der Waals surface area contributed by atoms with Crippen LogP contribution >= 0.6 is 0 Å². The highest BCUT2D eigenvalue weighted by Crippen LogP contribution is 2.34. The van der Waals surface area contributed by atoms with Crippen LogP contribution in [0, 0.1) is 5.92 Å². The lowest BCUT2D eigenvalue weighted by molar-refractivity contribution is 0.664. The molecule has 0 N–H and O–H groups in total. The van der Waals surface area contributed by atoms with Crippen LogP contribution in [0.1, 0.15) is 33.1 Å². The molecule has 0 amide bonds. The average Bonchev–Trinajstić information content (AvgIpc) is 2.20. The summed E-state index contributed by atoms with van der Waals surface area (Å²) in [4.78, 5) is 0. The maximum Gasteiger partial charge on any atom is 0.00477 e. The van der Waals surface area contributed by atoms with E-state index in [-0.39, 0.29) is 0 Å². The molecule has 0 nitrogen and oxygen atoms in total. The van der Waals surface area contributed by atoms with Gasteiger partial charge in [0.2, 0.25) is 0 Å². The molecule has 1 atom stereocenters. The third kappa shape index (κ3) is 1.75. The lowest BCUT2D eigenvalue weighted by Crippen LogP contribution is -2.10. The van der Waals surface area contributed by atoms with E-state index in [9.17, 15) is 0 Å². The Morgan fingerprint density at radius 1 is 1.21 bits per heavy atom. The Labute approximate surface area is 86.7 Å². The zero-order valence-corrected chi connectivity index (χ0v) is 9.09. The van der Waals surface area contributed by atoms with Crippen LogP contribution in [0.2, 0.25) is 0 Å². The van der Waals surface area contributed by atoms with E-state index in [1.165, 1.54) is 30.4 Å². The smallest absolute Gasteiger partial charge is 0.00477 e. The van der Waals surface area contributed by atoms with Crippen LogP contribution in [0.25, 0.3) is 0 Å². The molecule has 0 heterocycles. The van der Waals surface area contributed by atoms with Crippen LogP contribution in [0.5, 0.6) is 0 Å². The maximum absolute atomic E-state index is 2.29. The first-order chi connectivity index (χ1) is 6.79. The summed E-state index contributed by atoms with van der Waals surface area (Å²) in [6.07, 6.45) is 15.0. The Morgan fingerprint density at radius 3 is 2.79 bits per heavy atom. The van der Waals surface area contributed by atoms with Gasteiger partial charge >= 0.3 is 0 Å². The lowest BCUT2D eigenvalue weighted by atomic mass is 9.80. The summed E-state index contributed by atoms with van der Waals surface area (Å²) >= 11 is 0. The van der Waals surface area contributed by atoms with Gasteiger partial charge in [-0.2, -0.15) is 0 Å². The van der Waals surface area contributed by atoms with Crippen molar-refractivity contribution >= 4 is 0 Å². The van der Waals surface area contributed by atoms with Crippen molar-refractivity contribution in [3.63, 3.8) is 0 Å². The van der Waals surface area contributed by atoms with E-state index in [0.29, 0.717) is 5.92 Å². The van der Waals surface area contributed by atoms with Gasteiger partial charge in [-0.05, 0) is 33.1 Å². The Balaban J connectivity index is 2.27. The summed E-state index contributed by atoms with van der Waals surface area (Å²) in [7, 11) is 0. The highest BCUT2D eigenvalue weighted by atomic mass is 14.2. The fourth-order valence-electron chi connectivity index (χ4n) is 2.41. The van der Waals surface area contributed by atoms with Crippen molar-refractivity contribution < 1.29 is 0 Å². The van der Waals surface area contributed by atoms with Crippen LogP contribution in [0.15, 0.2) is 47.1 Å². The molecule has 0 heteroatoms. The molecule has 0 saturated carbocycles. The highest BCUT2D eigenvalue weighted by molar-refractivity contribution is 5.36. The molecule has 0 aromatic carbocycles. The van der Waals surface area contributed by atoms with Crippen LogP contribution in [-0.2, 0) is 0 Å². The second-order valence-corrected chi connectivity index (χ2v) is 4.28. The van der Waals surface area contributed by atoms with E-state index in [2.05, 4.69) is 44.2 Å². The molecular weight excluding hydrogens is 168 g/mol. The van der Waals surface area contributed by atoms with Gasteiger partial charge in [0.25, 0.3) is 0 Å². The summed E-state index contributed by atoms with van der Waals surface area (Å²) < 4.78 is 0. The predicted octanol–water partition coefficient (Wildman–Crippen LogP) is 4.18. The summed E-state index contributed by atoms with van der Waals surface area (Å²) in [5.41, 5.74) is 4.67. The molecule has 0 aromatic heterocycles. The largest absolute Gasteiger partial charge is 0.0840 e. The Bertz CT molecular complexity index is 337. The van der Waals surface area contributed by atoms with E-state index in [0.717, 1.165) is 0 Å². The number of hydrogen-bond donors (Lipinski definition) is 0. The molecule has 14 heavy (non-hydrogen) atoms. The van der Waals surface area contributed by atoms with Crippen LogP contribution in [-0.4, -0.2) is 0 Å². The maximum atomic E-state index is 2.29. The quantitative estimate of drug-likeness (QED) is 0.576. The van der Waals surface area contributed by atoms with E-state index < -0.39 is 0 Å². The third-order valence-electron chi connectivity index (χ3n) is 3.29. The first-order valence-corrected chi connectivity index (χ1v) is 5.48. The van der Waals surface area contributed by atoms with Crippen molar-refractivity contribution in [1.82, 2.24) is 0 Å². The molecule has 74 valence electrons. The van der Waals surface area contributed by atoms with Gasteiger partial charge in [0.05, 0.1) is 0 Å². The van der Waals surface area contributed by atoms with E-state index in [1.807, 2.05) is 0 Å². The summed E-state index contributed by atoms with van der Waals surface area (Å²) in [5, 5.41) is 0. The second kappa shape index (κ2) is 4.00. The van der Waals surface area contributed by atoms with Crippen LogP contribution in [0.3, 0.4) is 0 Å². The number of hydrogen-bond acceptors (Lipinski definition) is 0. The molecule has 0 saturated heterocycles. The minimum atomic E-state index is 0.685. The molecule has 2 aliphatic carbocycles. The first kappa shape index (κ1) is 9.51. The molecule has 0 aliphatic heterocycles. The summed E-state index contributed by atoms with van der Waals surface area (Å²) in [5.74, 6) is 0.685. The van der Waals surface area contributed by atoms with Gasteiger partial charge in [-0.1, -0.05) is 47.1 Å². The molecule has 0 radical (unpaired) electrons. The minimum absolute atomic E-state index is 0.685. The van der Waals surface area contributed by atoms with Gasteiger partial charge < -0.3 is 0 Å². The topological polar surface area (TPSA) is 0 Å². The fourth-order valence-corrected chi connectivity index (χ4v) is 2.41. The van der Waals surface area contributed by atoms with Crippen LogP contribution in [0.4, 0.5) is 0 Å². The van der Waals surface area contributed by atoms with Gasteiger partial charge in [-0.15, -0.1) is 0 Å². The van der Waals surface area contributed by atoms with Gasteiger partial charge in [0.15, 0.2) is 0 Å². The molecule has 2 aliphatic rings. The molecule has 0 aromatic rings. The van der Waals surface area contributed by atoms with E-state index in [4.69, 9.17) is 0 Å². The predicted molar refractivity (Wildman–Crippen MR) is 62.1 cm³/mol. The Morgan fingerprint density at radius 2 is 2.07 bits per heavy atom. The van der Waals surface area contributed by atoms with Crippen molar-refractivity contribution in [2.75, 3.05) is 0 Å². The zero-order valence-electron chi connectivity index (χ0n) is 9.09. The van der Waals surface area contributed by atoms with E-state index in [1.54, 1.807) is 5.57 Å². The molecule has 1 unspecified atom stereocenters. The van der Waals surface area contributed by atoms with Gasteiger partial charge in [-0.25, -0.2) is 0 Å². The molecule has 0 bridgehead atoms. The normalized spacial score (nSPS) is 26.7. The Hall–Kier alpha value is -1.04. The number of rotatable bonds is 1.